The summed E-state index contributed by atoms with van der Waals surface area (Å²) in [6, 6.07) is 13.0. The first-order valence-electron chi connectivity index (χ1n) is 8.07. The lowest BCUT2D eigenvalue weighted by Gasteiger charge is -2.17. The van der Waals surface area contributed by atoms with E-state index in [1.165, 1.54) is 7.11 Å². The van der Waals surface area contributed by atoms with Crippen molar-refractivity contribution in [2.75, 3.05) is 7.11 Å². The number of nitrogens with zero attached hydrogens (tertiary/aromatic N) is 2. The number of imidazole rings is 1. The maximum atomic E-state index is 11.8. The molecule has 6 nitrogen and oxygen atoms in total. The molecule has 0 fully saturated rings. The predicted octanol–water partition coefficient (Wildman–Crippen LogP) is 2.57. The first-order valence-corrected chi connectivity index (χ1v) is 8.07. The Morgan fingerprint density at radius 2 is 2.00 bits per heavy atom. The number of primary amides is 1. The van der Waals surface area contributed by atoms with Crippen LogP contribution in [0.3, 0.4) is 0 Å². The number of rotatable bonds is 6. The molecule has 3 aromatic rings. The first-order chi connectivity index (χ1) is 12.6. The quantitative estimate of drug-likeness (QED) is 0.715. The number of methoxy groups -OCH3 is 1. The first kappa shape index (κ1) is 17.2. The highest BCUT2D eigenvalue weighted by Gasteiger charge is 2.18. The third-order valence-electron chi connectivity index (χ3n) is 4.23. The number of hydrogen-bond acceptors (Lipinski definition) is 4. The van der Waals surface area contributed by atoms with Gasteiger partial charge in [-0.3, -0.25) is 4.79 Å². The molecule has 0 unspecified atom stereocenters. The van der Waals surface area contributed by atoms with Crippen LogP contribution in [0.1, 0.15) is 38.3 Å². The largest absolute Gasteiger partial charge is 0.496 e. The van der Waals surface area contributed by atoms with Gasteiger partial charge in [0.2, 0.25) is 0 Å². The normalized spacial score (nSPS) is 10.3. The summed E-state index contributed by atoms with van der Waals surface area (Å²) in [5.41, 5.74) is 10.3. The SMILES string of the molecule is COc1c(C(N)=O)ccc(Cc2cnc[nH]2)c1Cc1ccc(C#N)cc1. The maximum Gasteiger partial charge on any atom is 0.252 e. The highest BCUT2D eigenvalue weighted by molar-refractivity contribution is 5.96. The minimum atomic E-state index is -0.531. The van der Waals surface area contributed by atoms with E-state index in [-0.39, 0.29) is 0 Å². The van der Waals surface area contributed by atoms with Gasteiger partial charge in [0.1, 0.15) is 5.75 Å². The van der Waals surface area contributed by atoms with Crippen LogP contribution in [-0.4, -0.2) is 23.0 Å². The minimum absolute atomic E-state index is 0.351. The summed E-state index contributed by atoms with van der Waals surface area (Å²) in [5.74, 6) is -0.0464. The number of ether oxygens (including phenoxy) is 1. The molecule has 2 aromatic carbocycles. The van der Waals surface area contributed by atoms with Crippen molar-refractivity contribution >= 4 is 5.91 Å². The van der Waals surface area contributed by atoms with Gasteiger partial charge < -0.3 is 15.5 Å². The number of nitriles is 1. The number of carbonyl (C=O) groups is 1. The zero-order valence-electron chi connectivity index (χ0n) is 14.3. The van der Waals surface area contributed by atoms with Gasteiger partial charge in [-0.2, -0.15) is 5.26 Å². The molecule has 6 heteroatoms. The summed E-state index contributed by atoms with van der Waals surface area (Å²) >= 11 is 0. The van der Waals surface area contributed by atoms with Crippen LogP contribution in [0.5, 0.6) is 5.75 Å². The Kier molecular flexibility index (Phi) is 4.99. The van der Waals surface area contributed by atoms with Crippen LogP contribution in [0.2, 0.25) is 0 Å². The minimum Gasteiger partial charge on any atom is -0.496 e. The molecule has 0 aliphatic heterocycles. The lowest BCUT2D eigenvalue weighted by Crippen LogP contribution is -2.14. The second-order valence-corrected chi connectivity index (χ2v) is 5.89. The molecule has 1 amide bonds. The van der Waals surface area contributed by atoms with Crippen LogP contribution in [0.4, 0.5) is 0 Å². The summed E-state index contributed by atoms with van der Waals surface area (Å²) in [5, 5.41) is 8.95. The van der Waals surface area contributed by atoms with E-state index in [1.54, 1.807) is 30.7 Å². The topological polar surface area (TPSA) is 105 Å². The Balaban J connectivity index is 2.06. The highest BCUT2D eigenvalue weighted by Crippen LogP contribution is 2.31. The lowest BCUT2D eigenvalue weighted by molar-refractivity contribution is 0.0997. The molecule has 130 valence electrons. The summed E-state index contributed by atoms with van der Waals surface area (Å²) in [7, 11) is 1.53. The third kappa shape index (κ3) is 3.57. The molecule has 0 atom stereocenters. The van der Waals surface area contributed by atoms with Crippen molar-refractivity contribution in [2.45, 2.75) is 12.8 Å². The molecule has 26 heavy (non-hydrogen) atoms. The van der Waals surface area contributed by atoms with E-state index >= 15 is 0 Å². The molecule has 0 spiro atoms. The third-order valence-corrected chi connectivity index (χ3v) is 4.23. The Labute approximate surface area is 151 Å². The van der Waals surface area contributed by atoms with Gasteiger partial charge in [0.25, 0.3) is 5.91 Å². The van der Waals surface area contributed by atoms with E-state index in [0.717, 1.165) is 22.4 Å². The number of amides is 1. The molecule has 3 N–H and O–H groups in total. The second-order valence-electron chi connectivity index (χ2n) is 5.89. The Morgan fingerprint density at radius 3 is 2.58 bits per heavy atom. The van der Waals surface area contributed by atoms with Gasteiger partial charge in [0.05, 0.1) is 30.6 Å². The fraction of sp³-hybridized carbons (Fsp3) is 0.150. The van der Waals surface area contributed by atoms with Gasteiger partial charge in [0.15, 0.2) is 0 Å². The number of hydrogen-bond donors (Lipinski definition) is 2. The molecule has 1 aromatic heterocycles. The average Bonchev–Trinajstić information content (AvgIpc) is 3.16. The van der Waals surface area contributed by atoms with Crippen LogP contribution >= 0.6 is 0 Å². The van der Waals surface area contributed by atoms with Crippen molar-refractivity contribution in [3.63, 3.8) is 0 Å². The van der Waals surface area contributed by atoms with Crippen molar-refractivity contribution in [1.82, 2.24) is 9.97 Å². The van der Waals surface area contributed by atoms with Gasteiger partial charge in [-0.15, -0.1) is 0 Å². The number of aromatic amines is 1. The molecule has 0 bridgehead atoms. The van der Waals surface area contributed by atoms with Crippen LogP contribution in [0.15, 0.2) is 48.9 Å². The average molecular weight is 346 g/mol. The van der Waals surface area contributed by atoms with Gasteiger partial charge in [0, 0.05) is 30.3 Å². The van der Waals surface area contributed by atoms with Crippen molar-refractivity contribution < 1.29 is 9.53 Å². The summed E-state index contributed by atoms with van der Waals surface area (Å²) in [6.07, 6.45) is 4.57. The Hall–Kier alpha value is -3.59. The fourth-order valence-electron chi connectivity index (χ4n) is 2.94. The molecule has 1 heterocycles. The van der Waals surface area contributed by atoms with Crippen molar-refractivity contribution in [3.8, 4) is 11.8 Å². The molecule has 0 saturated heterocycles. The number of nitrogens with one attached hydrogen (secondary N) is 1. The number of benzene rings is 2. The van der Waals surface area contributed by atoms with Crippen LogP contribution in [-0.2, 0) is 12.8 Å². The van der Waals surface area contributed by atoms with E-state index < -0.39 is 5.91 Å². The van der Waals surface area contributed by atoms with E-state index in [2.05, 4.69) is 16.0 Å². The van der Waals surface area contributed by atoms with Crippen molar-refractivity contribution in [1.29, 1.82) is 5.26 Å². The molecule has 0 radical (unpaired) electrons. The van der Waals surface area contributed by atoms with Crippen molar-refractivity contribution in [2.24, 2.45) is 5.73 Å². The van der Waals surface area contributed by atoms with Gasteiger partial charge in [-0.05, 0) is 29.3 Å². The molecule has 0 saturated carbocycles. The number of aromatic nitrogens is 2. The Bertz CT molecular complexity index is 955. The highest BCUT2D eigenvalue weighted by atomic mass is 16.5. The standard InChI is InChI=1S/C20H18N4O2/c1-26-19-17(20(22)25)7-6-15(9-16-11-23-12-24-16)18(19)8-13-2-4-14(10-21)5-3-13/h2-7,11-12H,8-9H2,1H3,(H2,22,25)(H,23,24). The van der Waals surface area contributed by atoms with Crippen LogP contribution in [0, 0.1) is 11.3 Å². The van der Waals surface area contributed by atoms with Crippen LogP contribution < -0.4 is 10.5 Å². The van der Waals surface area contributed by atoms with Gasteiger partial charge in [-0.25, -0.2) is 4.98 Å². The van der Waals surface area contributed by atoms with E-state index in [9.17, 15) is 4.79 Å². The lowest BCUT2D eigenvalue weighted by atomic mass is 9.93. The van der Waals surface area contributed by atoms with E-state index in [4.69, 9.17) is 15.7 Å². The van der Waals surface area contributed by atoms with E-state index in [0.29, 0.717) is 29.7 Å². The smallest absolute Gasteiger partial charge is 0.252 e. The second kappa shape index (κ2) is 7.53. The van der Waals surface area contributed by atoms with E-state index in [1.807, 2.05) is 18.2 Å². The zero-order valence-corrected chi connectivity index (χ0v) is 14.3. The summed E-state index contributed by atoms with van der Waals surface area (Å²) in [6.45, 7) is 0. The molecular weight excluding hydrogens is 328 g/mol. The monoisotopic (exact) mass is 346 g/mol. The molecule has 3 rings (SSSR count). The summed E-state index contributed by atoms with van der Waals surface area (Å²) < 4.78 is 5.54. The van der Waals surface area contributed by atoms with Gasteiger partial charge in [-0.1, -0.05) is 18.2 Å². The fourth-order valence-corrected chi connectivity index (χ4v) is 2.94. The maximum absolute atomic E-state index is 11.8. The van der Waals surface area contributed by atoms with Crippen molar-refractivity contribution in [3.05, 3.63) is 82.4 Å². The predicted molar refractivity (Wildman–Crippen MR) is 96.9 cm³/mol. The number of carbonyl (C=O) groups excluding carboxylic acids is 1. The molecule has 0 aliphatic carbocycles. The summed E-state index contributed by atoms with van der Waals surface area (Å²) in [4.78, 5) is 18.9. The number of H-pyrrole nitrogens is 1. The molecule has 0 aliphatic rings. The molecular formula is C20H18N4O2. The zero-order chi connectivity index (χ0) is 18.5. The van der Waals surface area contributed by atoms with Gasteiger partial charge >= 0.3 is 0 Å². The Morgan fingerprint density at radius 1 is 1.23 bits per heavy atom. The number of nitrogens with two attached hydrogens (primary N) is 1. The van der Waals surface area contributed by atoms with Crippen LogP contribution in [0.25, 0.3) is 0 Å².